The van der Waals surface area contributed by atoms with E-state index < -0.39 is 0 Å². The second-order valence-corrected chi connectivity index (χ2v) is 4.24. The van der Waals surface area contributed by atoms with E-state index in [2.05, 4.69) is 9.97 Å². The van der Waals surface area contributed by atoms with Crippen molar-refractivity contribution in [3.05, 3.63) is 72.6 Å². The van der Waals surface area contributed by atoms with Crippen molar-refractivity contribution in [2.45, 2.75) is 6.61 Å². The minimum Gasteiger partial charge on any atom is -0.489 e. The minimum absolute atomic E-state index is 0.475. The van der Waals surface area contributed by atoms with E-state index in [4.69, 9.17) is 9.47 Å². The molecule has 0 unspecified atom stereocenters. The lowest BCUT2D eigenvalue weighted by Crippen LogP contribution is -1.94. The number of nitrogens with one attached hydrogen (secondary N) is 1. The molecule has 100 valence electrons. The van der Waals surface area contributed by atoms with E-state index >= 15 is 0 Å². The topological polar surface area (TPSA) is 47.1 Å². The summed E-state index contributed by atoms with van der Waals surface area (Å²) in [6, 6.07) is 18.0. The van der Waals surface area contributed by atoms with Crippen molar-refractivity contribution in [1.82, 2.24) is 9.97 Å². The molecule has 0 spiro atoms. The Kier molecular flexibility index (Phi) is 3.64. The van der Waals surface area contributed by atoms with E-state index in [1.54, 1.807) is 12.4 Å². The molecule has 0 saturated heterocycles. The van der Waals surface area contributed by atoms with Crippen molar-refractivity contribution in [1.29, 1.82) is 0 Å². The zero-order valence-electron chi connectivity index (χ0n) is 10.8. The number of aromatic nitrogens is 2. The molecule has 20 heavy (non-hydrogen) atoms. The molecule has 0 aliphatic carbocycles. The van der Waals surface area contributed by atoms with Crippen LogP contribution in [0.5, 0.6) is 17.5 Å². The van der Waals surface area contributed by atoms with E-state index in [1.807, 2.05) is 54.6 Å². The van der Waals surface area contributed by atoms with Crippen molar-refractivity contribution in [3.63, 3.8) is 0 Å². The Hall–Kier alpha value is -2.75. The Bertz CT molecular complexity index is 634. The first-order valence-corrected chi connectivity index (χ1v) is 6.34. The number of hydrogen-bond acceptors (Lipinski definition) is 3. The molecule has 0 aliphatic rings. The fourth-order valence-electron chi connectivity index (χ4n) is 1.76. The van der Waals surface area contributed by atoms with Gasteiger partial charge in [0.25, 0.3) is 6.01 Å². The predicted octanol–water partition coefficient (Wildman–Crippen LogP) is 3.78. The van der Waals surface area contributed by atoms with Gasteiger partial charge in [0.2, 0.25) is 0 Å². The Morgan fingerprint density at radius 3 is 2.35 bits per heavy atom. The lowest BCUT2D eigenvalue weighted by Gasteiger charge is -2.07. The molecule has 4 nitrogen and oxygen atoms in total. The molecule has 1 heterocycles. The maximum absolute atomic E-state index is 5.70. The summed E-state index contributed by atoms with van der Waals surface area (Å²) in [5.74, 6) is 1.52. The molecular formula is C16H14N2O2. The largest absolute Gasteiger partial charge is 0.489 e. The van der Waals surface area contributed by atoms with Gasteiger partial charge in [0, 0.05) is 12.4 Å². The first-order chi connectivity index (χ1) is 9.90. The second-order valence-electron chi connectivity index (χ2n) is 4.24. The van der Waals surface area contributed by atoms with Crippen LogP contribution in [0.3, 0.4) is 0 Å². The third-order valence-corrected chi connectivity index (χ3v) is 2.76. The van der Waals surface area contributed by atoms with E-state index in [0.29, 0.717) is 18.4 Å². The monoisotopic (exact) mass is 266 g/mol. The van der Waals surface area contributed by atoms with Crippen LogP contribution in [-0.4, -0.2) is 9.97 Å². The summed E-state index contributed by atoms with van der Waals surface area (Å²) in [7, 11) is 0. The Morgan fingerprint density at radius 1 is 0.900 bits per heavy atom. The highest BCUT2D eigenvalue weighted by Crippen LogP contribution is 2.21. The lowest BCUT2D eigenvalue weighted by molar-refractivity contribution is 0.305. The predicted molar refractivity (Wildman–Crippen MR) is 75.9 cm³/mol. The van der Waals surface area contributed by atoms with Gasteiger partial charge in [0.15, 0.2) is 0 Å². The average Bonchev–Trinajstić information content (AvgIpc) is 3.01. The number of hydrogen-bond donors (Lipinski definition) is 1. The smallest absolute Gasteiger partial charge is 0.299 e. The Labute approximate surface area is 117 Å². The van der Waals surface area contributed by atoms with Crippen molar-refractivity contribution < 1.29 is 9.47 Å². The zero-order chi connectivity index (χ0) is 13.6. The van der Waals surface area contributed by atoms with Crippen LogP contribution in [0.25, 0.3) is 0 Å². The number of ether oxygens (including phenoxy) is 2. The van der Waals surface area contributed by atoms with Gasteiger partial charge in [-0.05, 0) is 29.8 Å². The number of benzene rings is 2. The van der Waals surface area contributed by atoms with Crippen LogP contribution < -0.4 is 9.47 Å². The number of aromatic amines is 1. The van der Waals surface area contributed by atoms with Crippen molar-refractivity contribution in [2.24, 2.45) is 0 Å². The summed E-state index contributed by atoms with van der Waals surface area (Å²) >= 11 is 0. The molecule has 0 saturated carbocycles. The zero-order valence-corrected chi connectivity index (χ0v) is 10.8. The number of H-pyrrole nitrogens is 1. The van der Waals surface area contributed by atoms with Crippen molar-refractivity contribution in [3.8, 4) is 17.5 Å². The molecule has 4 heteroatoms. The summed E-state index contributed by atoms with van der Waals surface area (Å²) in [4.78, 5) is 6.88. The first-order valence-electron chi connectivity index (χ1n) is 6.34. The highest BCUT2D eigenvalue weighted by Gasteiger charge is 2.00. The van der Waals surface area contributed by atoms with Crippen LogP contribution in [0.1, 0.15) is 5.56 Å². The molecular weight excluding hydrogens is 252 g/mol. The van der Waals surface area contributed by atoms with Gasteiger partial charge in [-0.15, -0.1) is 0 Å². The average molecular weight is 266 g/mol. The van der Waals surface area contributed by atoms with Crippen LogP contribution in [0.2, 0.25) is 0 Å². The molecule has 2 aromatic carbocycles. The summed E-state index contributed by atoms with van der Waals surface area (Å²) in [6.07, 6.45) is 3.36. The van der Waals surface area contributed by atoms with Crippen molar-refractivity contribution >= 4 is 0 Å². The molecule has 0 aliphatic heterocycles. The number of imidazole rings is 1. The second kappa shape index (κ2) is 5.93. The SMILES string of the molecule is c1ccc(COc2ccc(Oc3ncc[nH]3)cc2)cc1. The fourth-order valence-corrected chi connectivity index (χ4v) is 1.76. The molecule has 1 aromatic heterocycles. The first kappa shape index (κ1) is 12.3. The van der Waals surface area contributed by atoms with Crippen LogP contribution in [0.15, 0.2) is 67.0 Å². The van der Waals surface area contributed by atoms with E-state index in [9.17, 15) is 0 Å². The van der Waals surface area contributed by atoms with E-state index in [-0.39, 0.29) is 0 Å². The maximum Gasteiger partial charge on any atom is 0.299 e. The van der Waals surface area contributed by atoms with Crippen LogP contribution >= 0.6 is 0 Å². The van der Waals surface area contributed by atoms with Gasteiger partial charge < -0.3 is 14.5 Å². The van der Waals surface area contributed by atoms with Gasteiger partial charge in [-0.1, -0.05) is 30.3 Å². The summed E-state index contributed by atoms with van der Waals surface area (Å²) < 4.78 is 11.2. The van der Waals surface area contributed by atoms with Gasteiger partial charge in [0.05, 0.1) is 0 Å². The summed E-state index contributed by atoms with van der Waals surface area (Å²) in [6.45, 7) is 0.555. The van der Waals surface area contributed by atoms with Crippen molar-refractivity contribution in [2.75, 3.05) is 0 Å². The number of nitrogens with zero attached hydrogens (tertiary/aromatic N) is 1. The lowest BCUT2D eigenvalue weighted by atomic mass is 10.2. The maximum atomic E-state index is 5.70. The van der Waals surface area contributed by atoms with Gasteiger partial charge in [-0.3, -0.25) is 0 Å². The van der Waals surface area contributed by atoms with E-state index in [1.165, 1.54) is 0 Å². The molecule has 3 aromatic rings. The molecule has 0 radical (unpaired) electrons. The minimum atomic E-state index is 0.475. The molecule has 1 N–H and O–H groups in total. The normalized spacial score (nSPS) is 10.2. The highest BCUT2D eigenvalue weighted by atomic mass is 16.5. The highest BCUT2D eigenvalue weighted by molar-refractivity contribution is 5.32. The van der Waals surface area contributed by atoms with Gasteiger partial charge in [-0.25, -0.2) is 4.98 Å². The van der Waals surface area contributed by atoms with Gasteiger partial charge in [0.1, 0.15) is 18.1 Å². The summed E-state index contributed by atoms with van der Waals surface area (Å²) in [5, 5.41) is 0. The molecule has 0 amide bonds. The Morgan fingerprint density at radius 2 is 1.65 bits per heavy atom. The molecule has 3 rings (SSSR count). The fraction of sp³-hybridized carbons (Fsp3) is 0.0625. The third kappa shape index (κ3) is 3.17. The summed E-state index contributed by atoms with van der Waals surface area (Å²) in [5.41, 5.74) is 1.14. The van der Waals surface area contributed by atoms with Gasteiger partial charge in [-0.2, -0.15) is 0 Å². The molecule has 0 bridgehead atoms. The quantitative estimate of drug-likeness (QED) is 0.764. The Balaban J connectivity index is 1.59. The molecule has 0 atom stereocenters. The standard InChI is InChI=1S/C16H14N2O2/c1-2-4-13(5-3-1)12-19-14-6-8-15(9-7-14)20-16-17-10-11-18-16/h1-11H,12H2,(H,17,18). The molecule has 0 fully saturated rings. The van der Waals surface area contributed by atoms with Crippen LogP contribution in [0.4, 0.5) is 0 Å². The van der Waals surface area contributed by atoms with Crippen LogP contribution in [-0.2, 0) is 6.61 Å². The van der Waals surface area contributed by atoms with E-state index in [0.717, 1.165) is 11.3 Å². The third-order valence-electron chi connectivity index (χ3n) is 2.76. The van der Waals surface area contributed by atoms with Crippen LogP contribution in [0, 0.1) is 0 Å². The van der Waals surface area contributed by atoms with Gasteiger partial charge >= 0.3 is 0 Å². The number of rotatable bonds is 5.